The van der Waals surface area contributed by atoms with E-state index in [0.717, 1.165) is 23.1 Å². The lowest BCUT2D eigenvalue weighted by Gasteiger charge is -2.05. The number of hydrogen-bond donors (Lipinski definition) is 1. The minimum absolute atomic E-state index is 0.122. The largest absolute Gasteiger partial charge is 0.375 e. The number of rotatable bonds is 4. The minimum atomic E-state index is -0.573. The molecule has 0 bridgehead atoms. The third-order valence-electron chi connectivity index (χ3n) is 2.38. The number of hydrogen-bond acceptors (Lipinski definition) is 5. The van der Waals surface area contributed by atoms with Gasteiger partial charge >= 0.3 is 0 Å². The molecule has 1 aromatic carbocycles. The van der Waals surface area contributed by atoms with Gasteiger partial charge in [-0.05, 0) is 18.2 Å². The Morgan fingerprint density at radius 3 is 2.84 bits per heavy atom. The van der Waals surface area contributed by atoms with Crippen molar-refractivity contribution >= 4 is 22.7 Å². The highest BCUT2D eigenvalue weighted by molar-refractivity contribution is 7.12. The molecule has 2 aromatic rings. The molecule has 96 valence electrons. The maximum absolute atomic E-state index is 13.1. The van der Waals surface area contributed by atoms with Gasteiger partial charge < -0.3 is 5.32 Å². The highest BCUT2D eigenvalue weighted by Crippen LogP contribution is 2.26. The molecule has 0 aliphatic heterocycles. The van der Waals surface area contributed by atoms with Gasteiger partial charge in [-0.1, -0.05) is 0 Å². The van der Waals surface area contributed by atoms with Crippen LogP contribution in [0, 0.1) is 27.3 Å². The smallest absolute Gasteiger partial charge is 0.292 e. The predicted octanol–water partition coefficient (Wildman–Crippen LogP) is 3.28. The zero-order valence-corrected chi connectivity index (χ0v) is 10.4. The molecule has 0 unspecified atom stereocenters. The number of nitro groups is 1. The summed E-state index contributed by atoms with van der Waals surface area (Å²) in [5.74, 6) is -0.544. The molecule has 0 saturated carbocycles. The van der Waals surface area contributed by atoms with Gasteiger partial charge in [-0.25, -0.2) is 4.39 Å². The van der Waals surface area contributed by atoms with Crippen LogP contribution >= 0.6 is 11.3 Å². The molecule has 0 aliphatic carbocycles. The Morgan fingerprint density at radius 1 is 1.42 bits per heavy atom. The monoisotopic (exact) mass is 277 g/mol. The van der Waals surface area contributed by atoms with E-state index >= 15 is 0 Å². The maximum Gasteiger partial charge on any atom is 0.292 e. The van der Waals surface area contributed by atoms with E-state index in [0.29, 0.717) is 11.4 Å². The lowest BCUT2D eigenvalue weighted by Crippen LogP contribution is -2.01. The zero-order valence-electron chi connectivity index (χ0n) is 9.59. The fraction of sp³-hybridized carbons (Fsp3) is 0.0833. The zero-order chi connectivity index (χ0) is 13.8. The molecular formula is C12H8FN3O2S. The van der Waals surface area contributed by atoms with Crippen molar-refractivity contribution < 1.29 is 9.31 Å². The van der Waals surface area contributed by atoms with Crippen LogP contribution in [0.3, 0.4) is 0 Å². The number of thiophene rings is 1. The SMILES string of the molecule is N#Cc1ccc(CNc2cc(F)ccc2[N+](=O)[O-])s1. The van der Waals surface area contributed by atoms with Crippen molar-refractivity contribution in [2.24, 2.45) is 0 Å². The summed E-state index contributed by atoms with van der Waals surface area (Å²) in [4.78, 5) is 11.6. The maximum atomic E-state index is 13.1. The lowest BCUT2D eigenvalue weighted by molar-refractivity contribution is -0.384. The van der Waals surface area contributed by atoms with Crippen LogP contribution in [0.25, 0.3) is 0 Å². The van der Waals surface area contributed by atoms with Gasteiger partial charge in [0, 0.05) is 23.6 Å². The summed E-state index contributed by atoms with van der Waals surface area (Å²) in [6, 6.07) is 8.67. The van der Waals surface area contributed by atoms with E-state index in [4.69, 9.17) is 5.26 Å². The molecule has 1 aromatic heterocycles. The van der Waals surface area contributed by atoms with Crippen molar-refractivity contribution in [3.05, 3.63) is 56.0 Å². The third kappa shape index (κ3) is 3.05. The van der Waals surface area contributed by atoms with Gasteiger partial charge in [0.2, 0.25) is 0 Å². The molecule has 0 amide bonds. The highest BCUT2D eigenvalue weighted by atomic mass is 32.1. The summed E-state index contributed by atoms with van der Waals surface area (Å²) in [6.07, 6.45) is 0. The quantitative estimate of drug-likeness (QED) is 0.687. The number of anilines is 1. The molecule has 19 heavy (non-hydrogen) atoms. The molecule has 1 N–H and O–H groups in total. The first kappa shape index (κ1) is 13.0. The van der Waals surface area contributed by atoms with E-state index in [1.807, 2.05) is 6.07 Å². The van der Waals surface area contributed by atoms with E-state index in [2.05, 4.69) is 5.32 Å². The van der Waals surface area contributed by atoms with Crippen LogP contribution in [0.4, 0.5) is 15.8 Å². The Kier molecular flexibility index (Phi) is 3.73. The topological polar surface area (TPSA) is 79.0 Å². The standard InChI is InChI=1S/C12H8FN3O2S/c13-8-1-4-12(16(17)18)11(5-8)15-7-10-3-2-9(6-14)19-10/h1-5,15H,7H2. The van der Waals surface area contributed by atoms with Crippen molar-refractivity contribution in [3.8, 4) is 6.07 Å². The first-order valence-electron chi connectivity index (χ1n) is 5.27. The Morgan fingerprint density at radius 2 is 2.21 bits per heavy atom. The van der Waals surface area contributed by atoms with Gasteiger partial charge in [0.25, 0.3) is 5.69 Å². The molecule has 0 saturated heterocycles. The van der Waals surface area contributed by atoms with E-state index < -0.39 is 10.7 Å². The van der Waals surface area contributed by atoms with Crippen LogP contribution in [-0.2, 0) is 6.54 Å². The fourth-order valence-corrected chi connectivity index (χ4v) is 2.27. The molecule has 0 atom stereocenters. The first-order chi connectivity index (χ1) is 9.10. The second-order valence-electron chi connectivity index (χ2n) is 3.65. The summed E-state index contributed by atoms with van der Waals surface area (Å²) in [7, 11) is 0. The molecule has 0 radical (unpaired) electrons. The van der Waals surface area contributed by atoms with Crippen LogP contribution in [-0.4, -0.2) is 4.92 Å². The first-order valence-corrected chi connectivity index (χ1v) is 6.08. The Labute approximate surface area is 112 Å². The Balaban J connectivity index is 2.17. The van der Waals surface area contributed by atoms with Crippen LogP contribution in [0.1, 0.15) is 9.75 Å². The second-order valence-corrected chi connectivity index (χ2v) is 4.82. The van der Waals surface area contributed by atoms with Crippen LogP contribution in [0.5, 0.6) is 0 Å². The second kappa shape index (κ2) is 5.46. The summed E-state index contributed by atoms with van der Waals surface area (Å²) < 4.78 is 13.1. The number of benzene rings is 1. The van der Waals surface area contributed by atoms with Crippen LogP contribution in [0.15, 0.2) is 30.3 Å². The average molecular weight is 277 g/mol. The molecule has 0 fully saturated rings. The number of nitrogens with one attached hydrogen (secondary N) is 1. The van der Waals surface area contributed by atoms with Gasteiger partial charge in [0.05, 0.1) is 4.92 Å². The van der Waals surface area contributed by atoms with E-state index in [9.17, 15) is 14.5 Å². The minimum Gasteiger partial charge on any atom is -0.375 e. The highest BCUT2D eigenvalue weighted by Gasteiger charge is 2.14. The van der Waals surface area contributed by atoms with Crippen molar-refractivity contribution in [3.63, 3.8) is 0 Å². The van der Waals surface area contributed by atoms with Crippen molar-refractivity contribution in [1.82, 2.24) is 0 Å². The van der Waals surface area contributed by atoms with Gasteiger partial charge in [0.15, 0.2) is 0 Å². The number of nitro benzene ring substituents is 1. The normalized spacial score (nSPS) is 9.89. The van der Waals surface area contributed by atoms with Gasteiger partial charge in [-0.3, -0.25) is 10.1 Å². The Hall–Kier alpha value is -2.46. The Bertz CT molecular complexity index is 663. The van der Waals surface area contributed by atoms with Gasteiger partial charge in [-0.15, -0.1) is 11.3 Å². The summed E-state index contributed by atoms with van der Waals surface area (Å²) in [5, 5.41) is 22.3. The van der Waals surface area contributed by atoms with E-state index in [-0.39, 0.29) is 11.4 Å². The fourth-order valence-electron chi connectivity index (χ4n) is 1.52. The molecule has 0 aliphatic rings. The number of nitrogens with zero attached hydrogens (tertiary/aromatic N) is 2. The van der Waals surface area contributed by atoms with E-state index in [1.165, 1.54) is 11.3 Å². The lowest BCUT2D eigenvalue weighted by atomic mass is 10.2. The van der Waals surface area contributed by atoms with Crippen LogP contribution in [0.2, 0.25) is 0 Å². The van der Waals surface area contributed by atoms with Gasteiger partial charge in [0.1, 0.15) is 22.5 Å². The summed E-state index contributed by atoms with van der Waals surface area (Å²) in [6.45, 7) is 0.302. The van der Waals surface area contributed by atoms with Crippen LogP contribution < -0.4 is 5.32 Å². The molecule has 7 heteroatoms. The molecule has 0 spiro atoms. The average Bonchev–Trinajstić information content (AvgIpc) is 2.84. The molecule has 2 rings (SSSR count). The molecular weight excluding hydrogens is 269 g/mol. The van der Waals surface area contributed by atoms with Crippen molar-refractivity contribution in [2.75, 3.05) is 5.32 Å². The third-order valence-corrected chi connectivity index (χ3v) is 3.37. The summed E-state index contributed by atoms with van der Waals surface area (Å²) >= 11 is 1.28. The number of nitriles is 1. The van der Waals surface area contributed by atoms with Crippen molar-refractivity contribution in [2.45, 2.75) is 6.54 Å². The predicted molar refractivity (Wildman–Crippen MR) is 69.4 cm³/mol. The van der Waals surface area contributed by atoms with Crippen molar-refractivity contribution in [1.29, 1.82) is 5.26 Å². The molecule has 1 heterocycles. The van der Waals surface area contributed by atoms with E-state index in [1.54, 1.807) is 12.1 Å². The van der Waals surface area contributed by atoms with Gasteiger partial charge in [-0.2, -0.15) is 5.26 Å². The number of halogens is 1. The molecule has 5 nitrogen and oxygen atoms in total. The summed E-state index contributed by atoms with van der Waals surface area (Å²) in [5.41, 5.74) is -0.0598.